The van der Waals surface area contributed by atoms with Gasteiger partial charge in [0, 0.05) is 11.4 Å². The van der Waals surface area contributed by atoms with Crippen molar-refractivity contribution < 1.29 is 19.1 Å². The van der Waals surface area contributed by atoms with Crippen LogP contribution in [0.4, 0.5) is 11.4 Å². The summed E-state index contributed by atoms with van der Waals surface area (Å²) in [5, 5.41) is 14.9. The van der Waals surface area contributed by atoms with E-state index in [-0.39, 0.29) is 18.1 Å². The summed E-state index contributed by atoms with van der Waals surface area (Å²) in [5.74, 6) is 0.221. The van der Waals surface area contributed by atoms with Crippen molar-refractivity contribution in [3.05, 3.63) is 86.8 Å². The average molecular weight is 585 g/mol. The third kappa shape index (κ3) is 6.94. The smallest absolute Gasteiger partial charge is 0.266 e. The lowest BCUT2D eigenvalue weighted by molar-refractivity contribution is -0.118. The Bertz CT molecular complexity index is 1230. The van der Waals surface area contributed by atoms with E-state index in [1.54, 1.807) is 55.6 Å². The van der Waals surface area contributed by atoms with Gasteiger partial charge in [0.1, 0.15) is 23.1 Å². The minimum absolute atomic E-state index is 0.0782. The highest BCUT2D eigenvalue weighted by Gasteiger charge is 2.14. The van der Waals surface area contributed by atoms with Crippen LogP contribution in [0.25, 0.3) is 6.08 Å². The highest BCUT2D eigenvalue weighted by Crippen LogP contribution is 2.35. The number of para-hydroxylation sites is 1. The molecule has 2 amide bonds. The third-order valence-electron chi connectivity index (χ3n) is 4.45. The molecule has 0 aliphatic carbocycles. The fourth-order valence-electron chi connectivity index (χ4n) is 2.85. The van der Waals surface area contributed by atoms with Crippen molar-refractivity contribution in [2.75, 3.05) is 24.4 Å². The molecule has 0 unspecified atom stereocenters. The molecule has 0 spiro atoms. The Morgan fingerprint density at radius 2 is 1.59 bits per heavy atom. The number of methoxy groups -OCH3 is 1. The molecule has 0 saturated heterocycles. The van der Waals surface area contributed by atoms with Crippen molar-refractivity contribution in [2.45, 2.75) is 0 Å². The minimum atomic E-state index is -0.544. The summed E-state index contributed by atoms with van der Waals surface area (Å²) in [5.41, 5.74) is 1.71. The normalized spacial score (nSPS) is 10.7. The van der Waals surface area contributed by atoms with E-state index >= 15 is 0 Å². The van der Waals surface area contributed by atoms with E-state index < -0.39 is 5.91 Å². The van der Waals surface area contributed by atoms with Gasteiger partial charge in [-0.15, -0.1) is 0 Å². The van der Waals surface area contributed by atoms with Crippen LogP contribution >= 0.6 is 31.9 Å². The number of amides is 2. The number of carbonyl (C=O) groups excluding carboxylic acids is 2. The van der Waals surface area contributed by atoms with Gasteiger partial charge in [-0.05, 0) is 92.0 Å². The quantitative estimate of drug-likeness (QED) is 0.258. The van der Waals surface area contributed by atoms with Gasteiger partial charge in [0.15, 0.2) is 6.61 Å². The number of hydrogen-bond donors (Lipinski definition) is 2. The second-order valence-electron chi connectivity index (χ2n) is 6.87. The summed E-state index contributed by atoms with van der Waals surface area (Å²) in [4.78, 5) is 24.7. The fourth-order valence-corrected chi connectivity index (χ4v) is 4.30. The molecule has 3 rings (SSSR count). The van der Waals surface area contributed by atoms with E-state index in [4.69, 9.17) is 9.47 Å². The number of hydrogen-bond acceptors (Lipinski definition) is 5. The number of ether oxygens (including phenoxy) is 2. The fraction of sp³-hybridized carbons (Fsp3) is 0.0800. The van der Waals surface area contributed by atoms with Crippen LogP contribution in [0.2, 0.25) is 0 Å². The van der Waals surface area contributed by atoms with Crippen molar-refractivity contribution in [2.24, 2.45) is 0 Å². The first kappa shape index (κ1) is 25.0. The molecular formula is C25H19Br2N3O4. The molecule has 0 heterocycles. The van der Waals surface area contributed by atoms with E-state index in [9.17, 15) is 14.9 Å². The van der Waals surface area contributed by atoms with E-state index in [0.717, 1.165) is 0 Å². The van der Waals surface area contributed by atoms with E-state index in [2.05, 4.69) is 42.5 Å². The highest BCUT2D eigenvalue weighted by atomic mass is 79.9. The molecular weight excluding hydrogens is 566 g/mol. The van der Waals surface area contributed by atoms with E-state index in [1.165, 1.54) is 6.08 Å². The predicted octanol–water partition coefficient (Wildman–Crippen LogP) is 5.78. The van der Waals surface area contributed by atoms with Crippen LogP contribution in [0.1, 0.15) is 5.56 Å². The van der Waals surface area contributed by atoms with Crippen LogP contribution in [-0.4, -0.2) is 25.5 Å². The van der Waals surface area contributed by atoms with Gasteiger partial charge >= 0.3 is 0 Å². The van der Waals surface area contributed by atoms with E-state index in [1.807, 2.05) is 24.3 Å². The summed E-state index contributed by atoms with van der Waals surface area (Å²) in [6.07, 6.45) is 1.46. The molecule has 0 fully saturated rings. The Hall–Kier alpha value is -3.61. The summed E-state index contributed by atoms with van der Waals surface area (Å²) in [6, 6.07) is 21.1. The van der Waals surface area contributed by atoms with Crippen molar-refractivity contribution in [1.82, 2.24) is 0 Å². The number of rotatable bonds is 8. The largest absolute Gasteiger partial charge is 0.497 e. The monoisotopic (exact) mass is 583 g/mol. The van der Waals surface area contributed by atoms with Crippen molar-refractivity contribution in [3.63, 3.8) is 0 Å². The number of nitriles is 1. The summed E-state index contributed by atoms with van der Waals surface area (Å²) in [6.45, 7) is -0.199. The summed E-state index contributed by atoms with van der Waals surface area (Å²) < 4.78 is 11.8. The van der Waals surface area contributed by atoms with Gasteiger partial charge in [-0.3, -0.25) is 9.59 Å². The van der Waals surface area contributed by atoms with Gasteiger partial charge in [0.2, 0.25) is 0 Å². The molecule has 0 aliphatic rings. The standard InChI is InChI=1S/C25H19Br2N3O4/c1-33-20-9-7-19(8-10-20)30-25(32)17(14-28)11-16-12-21(26)24(22(27)13-16)34-15-23(31)29-18-5-3-2-4-6-18/h2-13H,15H2,1H3,(H,29,31)(H,30,32)/b17-11-. The molecule has 0 radical (unpaired) electrons. The third-order valence-corrected chi connectivity index (χ3v) is 5.63. The molecule has 2 N–H and O–H groups in total. The Kier molecular flexibility index (Phi) is 8.85. The molecule has 0 bridgehead atoms. The molecule has 0 aromatic heterocycles. The van der Waals surface area contributed by atoms with Crippen LogP contribution in [0.5, 0.6) is 11.5 Å². The van der Waals surface area contributed by atoms with Gasteiger partial charge in [0.05, 0.1) is 16.1 Å². The van der Waals surface area contributed by atoms with Crippen LogP contribution in [0.15, 0.2) is 81.2 Å². The molecule has 0 atom stereocenters. The minimum Gasteiger partial charge on any atom is -0.497 e. The highest BCUT2D eigenvalue weighted by molar-refractivity contribution is 9.11. The van der Waals surface area contributed by atoms with Crippen LogP contribution in [0, 0.1) is 11.3 Å². The zero-order chi connectivity index (χ0) is 24.5. The Morgan fingerprint density at radius 1 is 0.971 bits per heavy atom. The zero-order valence-corrected chi connectivity index (χ0v) is 21.1. The van der Waals surface area contributed by atoms with Crippen molar-refractivity contribution in [3.8, 4) is 17.6 Å². The Balaban J connectivity index is 1.68. The number of halogens is 2. The van der Waals surface area contributed by atoms with Crippen LogP contribution < -0.4 is 20.1 Å². The van der Waals surface area contributed by atoms with Gasteiger partial charge in [0.25, 0.3) is 11.8 Å². The molecule has 172 valence electrons. The van der Waals surface area contributed by atoms with E-state index in [0.29, 0.717) is 37.4 Å². The van der Waals surface area contributed by atoms with Gasteiger partial charge < -0.3 is 20.1 Å². The average Bonchev–Trinajstić information content (AvgIpc) is 2.83. The lowest BCUT2D eigenvalue weighted by Crippen LogP contribution is -2.20. The molecule has 9 heteroatoms. The van der Waals surface area contributed by atoms with Gasteiger partial charge in [-0.1, -0.05) is 18.2 Å². The maximum absolute atomic E-state index is 12.5. The summed E-state index contributed by atoms with van der Waals surface area (Å²) >= 11 is 6.84. The second kappa shape index (κ2) is 12.0. The first-order valence-corrected chi connectivity index (χ1v) is 11.5. The summed E-state index contributed by atoms with van der Waals surface area (Å²) in [7, 11) is 1.55. The number of anilines is 2. The zero-order valence-electron chi connectivity index (χ0n) is 18.0. The SMILES string of the molecule is COc1ccc(NC(=O)/C(C#N)=C\c2cc(Br)c(OCC(=O)Nc3ccccc3)c(Br)c2)cc1. The molecule has 3 aromatic rings. The number of carbonyl (C=O) groups is 2. The van der Waals surface area contributed by atoms with Crippen LogP contribution in [-0.2, 0) is 9.59 Å². The number of nitrogens with one attached hydrogen (secondary N) is 2. The topological polar surface area (TPSA) is 100 Å². The van der Waals surface area contributed by atoms with Crippen molar-refractivity contribution >= 4 is 61.1 Å². The molecule has 0 aliphatic heterocycles. The molecule has 0 saturated carbocycles. The van der Waals surface area contributed by atoms with Gasteiger partial charge in [-0.2, -0.15) is 5.26 Å². The van der Waals surface area contributed by atoms with Crippen molar-refractivity contribution in [1.29, 1.82) is 5.26 Å². The Labute approximate surface area is 213 Å². The first-order chi connectivity index (χ1) is 16.4. The first-order valence-electron chi connectivity index (χ1n) is 9.93. The lowest BCUT2D eigenvalue weighted by Gasteiger charge is -2.12. The number of benzene rings is 3. The lowest BCUT2D eigenvalue weighted by atomic mass is 10.1. The maximum Gasteiger partial charge on any atom is 0.266 e. The van der Waals surface area contributed by atoms with Crippen LogP contribution in [0.3, 0.4) is 0 Å². The molecule has 7 nitrogen and oxygen atoms in total. The molecule has 3 aromatic carbocycles. The Morgan fingerprint density at radius 3 is 2.18 bits per heavy atom. The number of nitrogens with zero attached hydrogens (tertiary/aromatic N) is 1. The van der Waals surface area contributed by atoms with Gasteiger partial charge in [-0.25, -0.2) is 0 Å². The maximum atomic E-state index is 12.5. The predicted molar refractivity (Wildman–Crippen MR) is 138 cm³/mol. The molecule has 34 heavy (non-hydrogen) atoms. The second-order valence-corrected chi connectivity index (χ2v) is 8.58.